The molecule has 8 heteroatoms. The summed E-state index contributed by atoms with van der Waals surface area (Å²) in [7, 11) is -3.73. The maximum atomic E-state index is 13.5. The Morgan fingerprint density at radius 1 is 0.970 bits per heavy atom. The van der Waals surface area contributed by atoms with Crippen molar-refractivity contribution in [3.8, 4) is 0 Å². The molecule has 0 spiro atoms. The Kier molecular flexibility index (Phi) is 8.66. The Labute approximate surface area is 197 Å². The molecule has 0 heterocycles. The van der Waals surface area contributed by atoms with Crippen LogP contribution in [0.5, 0.6) is 0 Å². The van der Waals surface area contributed by atoms with E-state index in [-0.39, 0.29) is 12.5 Å². The highest BCUT2D eigenvalue weighted by atomic mass is 32.2. The molecule has 1 atom stereocenters. The van der Waals surface area contributed by atoms with Crippen LogP contribution in [0.2, 0.25) is 0 Å². The fourth-order valence-corrected chi connectivity index (χ4v) is 4.20. The van der Waals surface area contributed by atoms with E-state index >= 15 is 0 Å². The highest BCUT2D eigenvalue weighted by molar-refractivity contribution is 7.92. The first kappa shape index (κ1) is 26.4. The summed E-state index contributed by atoms with van der Waals surface area (Å²) in [5.74, 6) is -0.759. The summed E-state index contributed by atoms with van der Waals surface area (Å²) in [5.41, 5.74) is 1.86. The molecule has 0 unspecified atom stereocenters. The molecule has 0 aromatic heterocycles. The number of hydrogen-bond acceptors (Lipinski definition) is 4. The molecule has 0 aliphatic heterocycles. The van der Waals surface area contributed by atoms with Gasteiger partial charge < -0.3 is 10.2 Å². The van der Waals surface area contributed by atoms with Gasteiger partial charge in [-0.25, -0.2) is 8.42 Å². The molecule has 0 aliphatic carbocycles. The van der Waals surface area contributed by atoms with E-state index in [0.29, 0.717) is 5.69 Å². The molecule has 2 aromatic carbocycles. The van der Waals surface area contributed by atoms with Crippen molar-refractivity contribution >= 4 is 27.5 Å². The van der Waals surface area contributed by atoms with Gasteiger partial charge in [0.05, 0.1) is 11.9 Å². The number of amides is 2. The molecule has 0 bridgehead atoms. The van der Waals surface area contributed by atoms with Gasteiger partial charge in [-0.1, -0.05) is 49.4 Å². The van der Waals surface area contributed by atoms with Crippen molar-refractivity contribution in [1.29, 1.82) is 0 Å². The second-order valence-electron chi connectivity index (χ2n) is 9.21. The summed E-state index contributed by atoms with van der Waals surface area (Å²) in [6, 6.07) is 15.6. The van der Waals surface area contributed by atoms with E-state index in [0.717, 1.165) is 28.1 Å². The highest BCUT2D eigenvalue weighted by Crippen LogP contribution is 2.20. The van der Waals surface area contributed by atoms with Crippen molar-refractivity contribution in [3.05, 3.63) is 65.7 Å². The van der Waals surface area contributed by atoms with Gasteiger partial charge in [-0.05, 0) is 57.4 Å². The highest BCUT2D eigenvalue weighted by Gasteiger charge is 2.31. The molecule has 0 aliphatic rings. The second-order valence-corrected chi connectivity index (χ2v) is 11.1. The quantitative estimate of drug-likeness (QED) is 0.605. The predicted octanol–water partition coefficient (Wildman–Crippen LogP) is 3.35. The normalized spacial score (nSPS) is 12.7. The van der Waals surface area contributed by atoms with Gasteiger partial charge in [-0.2, -0.15) is 0 Å². The van der Waals surface area contributed by atoms with E-state index in [1.807, 2.05) is 70.2 Å². The Hall–Kier alpha value is -2.87. The number of benzene rings is 2. The molecule has 7 nitrogen and oxygen atoms in total. The maximum Gasteiger partial charge on any atom is 0.244 e. The van der Waals surface area contributed by atoms with Crippen LogP contribution in [0.25, 0.3) is 0 Å². The lowest BCUT2D eigenvalue weighted by Gasteiger charge is -2.33. The van der Waals surface area contributed by atoms with E-state index in [1.165, 1.54) is 4.90 Å². The largest absolute Gasteiger partial charge is 0.350 e. The van der Waals surface area contributed by atoms with Crippen molar-refractivity contribution in [2.45, 2.75) is 59.2 Å². The fraction of sp³-hybridized carbons (Fsp3) is 0.440. The predicted molar refractivity (Wildman–Crippen MR) is 132 cm³/mol. The van der Waals surface area contributed by atoms with Gasteiger partial charge in [0.15, 0.2) is 0 Å². The Balaban J connectivity index is 2.36. The summed E-state index contributed by atoms with van der Waals surface area (Å²) >= 11 is 0. The SMILES string of the molecule is CCc1ccc(N(CC(=O)N(Cc2ccccc2)[C@H](C)C(=O)NC(C)(C)C)S(C)(=O)=O)cc1. The lowest BCUT2D eigenvalue weighted by Crippen LogP contribution is -2.54. The van der Waals surface area contributed by atoms with Crippen LogP contribution in [0.3, 0.4) is 0 Å². The van der Waals surface area contributed by atoms with Crippen LogP contribution < -0.4 is 9.62 Å². The third kappa shape index (κ3) is 7.89. The minimum absolute atomic E-state index is 0.185. The van der Waals surface area contributed by atoms with Crippen LogP contribution in [0, 0.1) is 0 Å². The summed E-state index contributed by atoms with van der Waals surface area (Å²) in [6.45, 7) is 9.06. The molecular weight excluding hydrogens is 438 g/mol. The third-order valence-corrected chi connectivity index (χ3v) is 6.31. The van der Waals surface area contributed by atoms with Gasteiger partial charge in [-0.3, -0.25) is 13.9 Å². The molecule has 2 amide bonds. The zero-order valence-corrected chi connectivity index (χ0v) is 21.1. The number of nitrogens with zero attached hydrogens (tertiary/aromatic N) is 2. The number of anilines is 1. The molecule has 2 aromatic rings. The number of aryl methyl sites for hydroxylation is 1. The number of carbonyl (C=O) groups is 2. The van der Waals surface area contributed by atoms with Gasteiger partial charge in [0, 0.05) is 12.1 Å². The fourth-order valence-electron chi connectivity index (χ4n) is 3.35. The topological polar surface area (TPSA) is 86.8 Å². The monoisotopic (exact) mass is 473 g/mol. The Morgan fingerprint density at radius 2 is 1.55 bits per heavy atom. The van der Waals surface area contributed by atoms with E-state index in [1.54, 1.807) is 19.1 Å². The summed E-state index contributed by atoms with van der Waals surface area (Å²) in [5, 5.41) is 2.90. The first-order valence-corrected chi connectivity index (χ1v) is 12.9. The van der Waals surface area contributed by atoms with Gasteiger partial charge in [0.1, 0.15) is 12.6 Å². The van der Waals surface area contributed by atoms with Gasteiger partial charge in [0.2, 0.25) is 21.8 Å². The van der Waals surface area contributed by atoms with Crippen LogP contribution in [-0.2, 0) is 32.6 Å². The van der Waals surface area contributed by atoms with Crippen molar-refractivity contribution < 1.29 is 18.0 Å². The van der Waals surface area contributed by atoms with Crippen molar-refractivity contribution in [1.82, 2.24) is 10.2 Å². The Bertz CT molecular complexity index is 1050. The number of hydrogen-bond donors (Lipinski definition) is 1. The first-order chi connectivity index (χ1) is 15.3. The molecule has 0 saturated heterocycles. The minimum Gasteiger partial charge on any atom is -0.350 e. The van der Waals surface area contributed by atoms with Crippen LogP contribution in [0.4, 0.5) is 5.69 Å². The van der Waals surface area contributed by atoms with Gasteiger partial charge in [-0.15, -0.1) is 0 Å². The van der Waals surface area contributed by atoms with E-state index in [4.69, 9.17) is 0 Å². The van der Waals surface area contributed by atoms with Crippen LogP contribution in [0.15, 0.2) is 54.6 Å². The summed E-state index contributed by atoms with van der Waals surface area (Å²) < 4.78 is 26.2. The molecule has 0 radical (unpaired) electrons. The van der Waals surface area contributed by atoms with Gasteiger partial charge in [0.25, 0.3) is 0 Å². The minimum atomic E-state index is -3.73. The zero-order chi connectivity index (χ0) is 24.8. The molecule has 0 fully saturated rings. The van der Waals surface area contributed by atoms with E-state index < -0.39 is 34.1 Å². The van der Waals surface area contributed by atoms with Crippen LogP contribution in [-0.4, -0.2) is 49.5 Å². The van der Waals surface area contributed by atoms with Crippen molar-refractivity contribution in [3.63, 3.8) is 0 Å². The van der Waals surface area contributed by atoms with E-state index in [2.05, 4.69) is 5.32 Å². The smallest absolute Gasteiger partial charge is 0.244 e. The lowest BCUT2D eigenvalue weighted by atomic mass is 10.1. The number of carbonyl (C=O) groups excluding carboxylic acids is 2. The summed E-state index contributed by atoms with van der Waals surface area (Å²) in [4.78, 5) is 27.8. The molecule has 0 saturated carbocycles. The molecule has 180 valence electrons. The molecule has 1 N–H and O–H groups in total. The third-order valence-electron chi connectivity index (χ3n) is 5.17. The maximum absolute atomic E-state index is 13.5. The Morgan fingerprint density at radius 3 is 2.03 bits per heavy atom. The average Bonchev–Trinajstić information content (AvgIpc) is 2.74. The molecule has 33 heavy (non-hydrogen) atoms. The average molecular weight is 474 g/mol. The standard InChI is InChI=1S/C25H35N3O4S/c1-7-20-13-15-22(16-14-20)28(33(6,31)32)18-23(29)27(17-21-11-9-8-10-12-21)19(2)24(30)26-25(3,4)5/h8-16,19H,7,17-18H2,1-6H3,(H,26,30)/t19-/m1/s1. The number of rotatable bonds is 9. The zero-order valence-electron chi connectivity index (χ0n) is 20.3. The molecular formula is C25H35N3O4S. The number of nitrogens with one attached hydrogen (secondary N) is 1. The molecule has 2 rings (SSSR count). The first-order valence-electron chi connectivity index (χ1n) is 11.0. The number of sulfonamides is 1. The summed E-state index contributed by atoms with van der Waals surface area (Å²) in [6.07, 6.45) is 1.90. The van der Waals surface area contributed by atoms with E-state index in [9.17, 15) is 18.0 Å². The van der Waals surface area contributed by atoms with Crippen LogP contribution >= 0.6 is 0 Å². The van der Waals surface area contributed by atoms with Crippen LogP contribution in [0.1, 0.15) is 45.7 Å². The van der Waals surface area contributed by atoms with Crippen molar-refractivity contribution in [2.75, 3.05) is 17.1 Å². The van der Waals surface area contributed by atoms with Gasteiger partial charge >= 0.3 is 0 Å². The van der Waals surface area contributed by atoms with Crippen molar-refractivity contribution in [2.24, 2.45) is 0 Å². The lowest BCUT2D eigenvalue weighted by molar-refractivity contribution is -0.140. The second kappa shape index (κ2) is 10.8.